The van der Waals surface area contributed by atoms with Gasteiger partial charge in [0.15, 0.2) is 6.10 Å². The highest BCUT2D eigenvalue weighted by Crippen LogP contribution is 2.13. The molecule has 0 aliphatic heterocycles. The van der Waals surface area contributed by atoms with Crippen LogP contribution in [-0.4, -0.2) is 36.4 Å². The Hall–Kier alpha value is -2.14. The topological polar surface area (TPSA) is 72.8 Å². The molecule has 0 saturated carbocycles. The number of unbranched alkanes of at least 4 members (excludes halogenated alkanes) is 22. The molecule has 0 aromatic carbocycles. The van der Waals surface area contributed by atoms with Gasteiger partial charge in [0.1, 0.15) is 6.61 Å². The Kier molecular flexibility index (Phi) is 39.5. The number of esters is 2. The summed E-state index contributed by atoms with van der Waals surface area (Å²) < 4.78 is 10.6. The van der Waals surface area contributed by atoms with Gasteiger partial charge in [0.05, 0.1) is 6.61 Å². The Balaban J connectivity index is 3.58. The van der Waals surface area contributed by atoms with Gasteiger partial charge in [-0.3, -0.25) is 9.59 Å². The fourth-order valence-electron chi connectivity index (χ4n) is 5.85. The maximum atomic E-state index is 12.2. The Morgan fingerprint density at radius 1 is 0.460 bits per heavy atom. The molecule has 0 saturated heterocycles. The van der Waals surface area contributed by atoms with Crippen molar-refractivity contribution in [3.63, 3.8) is 0 Å². The molecule has 0 bridgehead atoms. The minimum absolute atomic E-state index is 0.0761. The lowest BCUT2D eigenvalue weighted by molar-refractivity contribution is -0.161. The summed E-state index contributed by atoms with van der Waals surface area (Å²) in [6.45, 7) is 4.09. The van der Waals surface area contributed by atoms with Crippen LogP contribution in [-0.2, 0) is 19.1 Å². The van der Waals surface area contributed by atoms with E-state index in [-0.39, 0.29) is 25.2 Å². The van der Waals surface area contributed by atoms with E-state index in [1.165, 1.54) is 116 Å². The monoisotopic (exact) mass is 701 g/mol. The van der Waals surface area contributed by atoms with Gasteiger partial charge in [0.2, 0.25) is 0 Å². The number of aliphatic hydroxyl groups is 1. The van der Waals surface area contributed by atoms with E-state index < -0.39 is 6.10 Å². The fourth-order valence-corrected chi connectivity index (χ4v) is 5.85. The molecule has 0 heterocycles. The second-order valence-electron chi connectivity index (χ2n) is 14.1. The zero-order valence-corrected chi connectivity index (χ0v) is 32.9. The first-order valence-electron chi connectivity index (χ1n) is 21.2. The van der Waals surface area contributed by atoms with Crippen molar-refractivity contribution < 1.29 is 24.2 Å². The molecule has 290 valence electrons. The molecule has 0 radical (unpaired) electrons. The van der Waals surface area contributed by atoms with Crippen molar-refractivity contribution in [3.8, 4) is 0 Å². The third kappa shape index (κ3) is 38.7. The summed E-state index contributed by atoms with van der Waals surface area (Å²) in [7, 11) is 0. The van der Waals surface area contributed by atoms with E-state index in [9.17, 15) is 14.7 Å². The van der Waals surface area contributed by atoms with Crippen LogP contribution in [0.2, 0.25) is 0 Å². The molecule has 0 aliphatic carbocycles. The number of ether oxygens (including phenoxy) is 2. The van der Waals surface area contributed by atoms with E-state index in [0.29, 0.717) is 12.8 Å². The summed E-state index contributed by atoms with van der Waals surface area (Å²) in [6, 6.07) is 0. The first-order valence-corrected chi connectivity index (χ1v) is 21.2. The van der Waals surface area contributed by atoms with Crippen molar-refractivity contribution in [1.29, 1.82) is 0 Å². The third-order valence-corrected chi connectivity index (χ3v) is 9.10. The Morgan fingerprint density at radius 3 is 1.26 bits per heavy atom. The average molecular weight is 701 g/mol. The van der Waals surface area contributed by atoms with E-state index in [2.05, 4.69) is 62.5 Å². The second kappa shape index (κ2) is 41.3. The summed E-state index contributed by atoms with van der Waals surface area (Å²) in [6.07, 6.45) is 51.7. The first kappa shape index (κ1) is 47.9. The van der Waals surface area contributed by atoms with Crippen LogP contribution in [0.4, 0.5) is 0 Å². The lowest BCUT2D eigenvalue weighted by Crippen LogP contribution is -2.28. The number of allylic oxidation sites excluding steroid dienone is 8. The van der Waals surface area contributed by atoms with Crippen LogP contribution in [0.1, 0.15) is 206 Å². The van der Waals surface area contributed by atoms with Gasteiger partial charge in [0.25, 0.3) is 0 Å². The number of hydrogen-bond donors (Lipinski definition) is 1. The molecule has 0 rings (SSSR count). The van der Waals surface area contributed by atoms with Crippen LogP contribution in [0.15, 0.2) is 48.6 Å². The molecular formula is C45H80O5. The standard InChI is InChI=1S/C45H80O5/c1-3-5-7-9-11-13-15-17-19-21-22-24-25-27-29-31-33-35-37-39-44(47)49-42-43(41-46)50-45(48)40-38-36-34-32-30-28-26-23-20-18-16-14-12-10-8-6-4-2/h12,14,17-20,26,28,43,46H,3-11,13,15-16,21-25,27,29-42H2,1-2H3. The molecule has 5 nitrogen and oxygen atoms in total. The van der Waals surface area contributed by atoms with Crippen molar-refractivity contribution >= 4 is 11.9 Å². The molecule has 0 aromatic rings. The number of aliphatic hydroxyl groups excluding tert-OH is 1. The number of carbonyl (C=O) groups excluding carboxylic acids is 2. The third-order valence-electron chi connectivity index (χ3n) is 9.10. The highest BCUT2D eigenvalue weighted by atomic mass is 16.6. The van der Waals surface area contributed by atoms with Crippen molar-refractivity contribution in [2.45, 2.75) is 213 Å². The number of rotatable bonds is 38. The largest absolute Gasteiger partial charge is 0.462 e. The molecule has 5 heteroatoms. The molecule has 0 spiro atoms. The lowest BCUT2D eigenvalue weighted by atomic mass is 10.1. The Labute approximate surface area is 309 Å². The van der Waals surface area contributed by atoms with E-state index in [0.717, 1.165) is 64.2 Å². The predicted octanol–water partition coefficient (Wildman–Crippen LogP) is 13.4. The van der Waals surface area contributed by atoms with E-state index in [4.69, 9.17) is 9.47 Å². The van der Waals surface area contributed by atoms with Crippen LogP contribution < -0.4 is 0 Å². The quantitative estimate of drug-likeness (QED) is 0.0394. The highest BCUT2D eigenvalue weighted by Gasteiger charge is 2.16. The summed E-state index contributed by atoms with van der Waals surface area (Å²) in [4.78, 5) is 24.3. The van der Waals surface area contributed by atoms with Crippen molar-refractivity contribution in [1.82, 2.24) is 0 Å². The van der Waals surface area contributed by atoms with Gasteiger partial charge in [-0.25, -0.2) is 0 Å². The molecule has 0 amide bonds. The van der Waals surface area contributed by atoms with Crippen LogP contribution >= 0.6 is 0 Å². The molecule has 0 aromatic heterocycles. The minimum atomic E-state index is -0.784. The number of hydrogen-bond acceptors (Lipinski definition) is 5. The summed E-state index contributed by atoms with van der Waals surface area (Å²) in [5.41, 5.74) is 0. The normalized spacial score (nSPS) is 12.6. The maximum absolute atomic E-state index is 12.2. The first-order chi connectivity index (χ1) is 24.6. The predicted molar refractivity (Wildman–Crippen MR) is 214 cm³/mol. The summed E-state index contributed by atoms with van der Waals surface area (Å²) >= 11 is 0. The summed E-state index contributed by atoms with van der Waals surface area (Å²) in [5.74, 6) is -0.617. The van der Waals surface area contributed by atoms with Crippen molar-refractivity contribution in [2.75, 3.05) is 13.2 Å². The van der Waals surface area contributed by atoms with Crippen molar-refractivity contribution in [3.05, 3.63) is 48.6 Å². The van der Waals surface area contributed by atoms with E-state index in [1.807, 2.05) is 0 Å². The van der Waals surface area contributed by atoms with Gasteiger partial charge in [-0.15, -0.1) is 0 Å². The van der Waals surface area contributed by atoms with Crippen LogP contribution in [0.5, 0.6) is 0 Å². The minimum Gasteiger partial charge on any atom is -0.462 e. The fraction of sp³-hybridized carbons (Fsp3) is 0.778. The molecule has 1 N–H and O–H groups in total. The van der Waals surface area contributed by atoms with Crippen LogP contribution in [0.25, 0.3) is 0 Å². The summed E-state index contributed by atoms with van der Waals surface area (Å²) in [5, 5.41) is 9.57. The van der Waals surface area contributed by atoms with Crippen LogP contribution in [0.3, 0.4) is 0 Å². The van der Waals surface area contributed by atoms with Gasteiger partial charge in [-0.1, -0.05) is 165 Å². The van der Waals surface area contributed by atoms with Crippen molar-refractivity contribution in [2.24, 2.45) is 0 Å². The van der Waals surface area contributed by atoms with Gasteiger partial charge < -0.3 is 14.6 Å². The lowest BCUT2D eigenvalue weighted by Gasteiger charge is -2.15. The SMILES string of the molecule is CCCCCC=CCC=CCC=CCCCCCCC(=O)OC(CO)COC(=O)CCCCCCCCCCCC=CCCCCCCCC. The Morgan fingerprint density at radius 2 is 0.800 bits per heavy atom. The van der Waals surface area contributed by atoms with E-state index >= 15 is 0 Å². The number of carbonyl (C=O) groups is 2. The Bertz CT molecular complexity index is 842. The van der Waals surface area contributed by atoms with Gasteiger partial charge in [0, 0.05) is 12.8 Å². The van der Waals surface area contributed by atoms with Gasteiger partial charge in [-0.05, 0) is 77.0 Å². The molecule has 1 unspecified atom stereocenters. The second-order valence-corrected chi connectivity index (χ2v) is 14.1. The molecule has 0 fully saturated rings. The van der Waals surface area contributed by atoms with Gasteiger partial charge >= 0.3 is 11.9 Å². The smallest absolute Gasteiger partial charge is 0.306 e. The zero-order chi connectivity index (χ0) is 36.4. The van der Waals surface area contributed by atoms with Gasteiger partial charge in [-0.2, -0.15) is 0 Å². The van der Waals surface area contributed by atoms with Crippen LogP contribution in [0, 0.1) is 0 Å². The zero-order valence-electron chi connectivity index (χ0n) is 32.9. The maximum Gasteiger partial charge on any atom is 0.306 e. The molecule has 0 aliphatic rings. The molecular weight excluding hydrogens is 620 g/mol. The highest BCUT2D eigenvalue weighted by molar-refractivity contribution is 5.70. The molecule has 1 atom stereocenters. The average Bonchev–Trinajstić information content (AvgIpc) is 3.12. The molecule has 50 heavy (non-hydrogen) atoms. The van der Waals surface area contributed by atoms with E-state index in [1.54, 1.807) is 0 Å².